The number of nitrogen functional groups attached to an aromatic ring is 1. The summed E-state index contributed by atoms with van der Waals surface area (Å²) in [6.45, 7) is 3.59. The van der Waals surface area contributed by atoms with Gasteiger partial charge in [0.15, 0.2) is 0 Å². The molecule has 8 heteroatoms. The third-order valence-corrected chi connectivity index (χ3v) is 5.19. The van der Waals surface area contributed by atoms with Crippen LogP contribution in [-0.4, -0.2) is 64.0 Å². The summed E-state index contributed by atoms with van der Waals surface area (Å²) in [5, 5.41) is 21.6. The van der Waals surface area contributed by atoms with Gasteiger partial charge >= 0.3 is 0 Å². The number of likely N-dealkylation sites (tertiary alicyclic amines) is 1. The van der Waals surface area contributed by atoms with Crippen molar-refractivity contribution >= 4 is 22.8 Å². The number of aromatic nitrogens is 2. The predicted molar refractivity (Wildman–Crippen MR) is 95.4 cm³/mol. The van der Waals surface area contributed by atoms with Crippen LogP contribution in [0.5, 0.6) is 0 Å². The number of fused-ring (bicyclic) bond motifs is 1. The lowest BCUT2D eigenvalue weighted by Gasteiger charge is -2.38. The molecule has 2 aliphatic heterocycles. The minimum absolute atomic E-state index is 0.0651. The number of rotatable bonds is 4. The number of nitrogens with two attached hydrogens (primary N) is 1. The van der Waals surface area contributed by atoms with E-state index in [0.717, 1.165) is 30.8 Å². The molecule has 134 valence electrons. The van der Waals surface area contributed by atoms with Gasteiger partial charge in [0.05, 0.1) is 18.2 Å². The van der Waals surface area contributed by atoms with Gasteiger partial charge in [-0.3, -0.25) is 10.3 Å². The lowest BCUT2D eigenvalue weighted by molar-refractivity contribution is 0.0310. The van der Waals surface area contributed by atoms with E-state index >= 15 is 0 Å². The SMILES string of the molecule is N=C(N)c1cccc2nc(NC3COCCC3N3CCCC3)n(O)c12. The zero-order valence-electron chi connectivity index (χ0n) is 14.1. The standard InChI is InChI=1S/C17H24N6O2/c18-16(19)11-4-3-5-12-15(11)23(24)17(20-12)21-13-10-25-9-6-14(13)22-7-1-2-8-22/h3-5,13-14,24H,1-2,6-10H2,(H3,18,19)(H,20,21). The highest BCUT2D eigenvalue weighted by Gasteiger charge is 2.33. The van der Waals surface area contributed by atoms with Crippen LogP contribution in [0, 0.1) is 5.41 Å². The van der Waals surface area contributed by atoms with E-state index in [4.69, 9.17) is 15.9 Å². The molecule has 2 saturated heterocycles. The molecule has 2 aromatic rings. The second kappa shape index (κ2) is 6.53. The van der Waals surface area contributed by atoms with Gasteiger partial charge in [0.1, 0.15) is 11.4 Å². The molecule has 2 fully saturated rings. The average Bonchev–Trinajstić information content (AvgIpc) is 3.24. The number of anilines is 1. The summed E-state index contributed by atoms with van der Waals surface area (Å²) < 4.78 is 6.66. The largest absolute Gasteiger partial charge is 0.425 e. The summed E-state index contributed by atoms with van der Waals surface area (Å²) in [6.07, 6.45) is 3.46. The van der Waals surface area contributed by atoms with Crippen LogP contribution < -0.4 is 11.1 Å². The summed E-state index contributed by atoms with van der Waals surface area (Å²) in [5.41, 5.74) is 7.15. The van der Waals surface area contributed by atoms with Crippen LogP contribution in [0.3, 0.4) is 0 Å². The molecule has 0 bridgehead atoms. The minimum atomic E-state index is -0.0942. The highest BCUT2D eigenvalue weighted by molar-refractivity contribution is 6.06. The van der Waals surface area contributed by atoms with Crippen molar-refractivity contribution in [2.75, 3.05) is 31.6 Å². The molecular formula is C17H24N6O2. The normalized spacial score (nSPS) is 24.6. The zero-order valence-corrected chi connectivity index (χ0v) is 14.1. The third-order valence-electron chi connectivity index (χ3n) is 5.19. The Morgan fingerprint density at radius 2 is 2.16 bits per heavy atom. The number of para-hydroxylation sites is 1. The summed E-state index contributed by atoms with van der Waals surface area (Å²) in [4.78, 5) is 6.99. The van der Waals surface area contributed by atoms with Crippen molar-refractivity contribution in [1.29, 1.82) is 5.41 Å². The fourth-order valence-electron chi connectivity index (χ4n) is 3.96. The average molecular weight is 344 g/mol. The summed E-state index contributed by atoms with van der Waals surface area (Å²) in [6, 6.07) is 5.74. The third kappa shape index (κ3) is 2.91. The van der Waals surface area contributed by atoms with Gasteiger partial charge in [0.25, 0.3) is 0 Å². The Kier molecular flexibility index (Phi) is 4.22. The van der Waals surface area contributed by atoms with Crippen LogP contribution in [0.15, 0.2) is 18.2 Å². The Balaban J connectivity index is 1.64. The molecule has 0 amide bonds. The first-order chi connectivity index (χ1) is 12.1. The van der Waals surface area contributed by atoms with E-state index in [0.29, 0.717) is 35.2 Å². The molecule has 3 heterocycles. The summed E-state index contributed by atoms with van der Waals surface area (Å²) >= 11 is 0. The Hall–Kier alpha value is -2.32. The molecule has 2 atom stereocenters. The lowest BCUT2D eigenvalue weighted by atomic mass is 10.0. The molecule has 1 aromatic carbocycles. The zero-order chi connectivity index (χ0) is 17.4. The van der Waals surface area contributed by atoms with E-state index in [1.807, 2.05) is 0 Å². The van der Waals surface area contributed by atoms with Crippen molar-refractivity contribution in [3.05, 3.63) is 23.8 Å². The smallest absolute Gasteiger partial charge is 0.238 e. The fourth-order valence-corrected chi connectivity index (χ4v) is 3.96. The van der Waals surface area contributed by atoms with Gasteiger partial charge in [0.2, 0.25) is 5.95 Å². The maximum Gasteiger partial charge on any atom is 0.238 e. The molecule has 2 aliphatic rings. The van der Waals surface area contributed by atoms with E-state index in [1.165, 1.54) is 12.8 Å². The highest BCUT2D eigenvalue weighted by Crippen LogP contribution is 2.26. The van der Waals surface area contributed by atoms with Crippen LogP contribution in [-0.2, 0) is 4.74 Å². The van der Waals surface area contributed by atoms with Gasteiger partial charge < -0.3 is 21.0 Å². The van der Waals surface area contributed by atoms with E-state index in [2.05, 4.69) is 15.2 Å². The first kappa shape index (κ1) is 16.2. The topological polar surface area (TPSA) is 112 Å². The van der Waals surface area contributed by atoms with E-state index < -0.39 is 0 Å². The van der Waals surface area contributed by atoms with Crippen molar-refractivity contribution < 1.29 is 9.94 Å². The van der Waals surface area contributed by atoms with Crippen molar-refractivity contribution in [2.24, 2.45) is 5.73 Å². The van der Waals surface area contributed by atoms with Crippen LogP contribution in [0.4, 0.5) is 5.95 Å². The molecule has 25 heavy (non-hydrogen) atoms. The Labute approximate surface area is 146 Å². The monoisotopic (exact) mass is 344 g/mol. The van der Waals surface area contributed by atoms with Gasteiger partial charge in [0, 0.05) is 18.2 Å². The summed E-state index contributed by atoms with van der Waals surface area (Å²) in [5.74, 6) is 0.270. The van der Waals surface area contributed by atoms with Gasteiger partial charge in [-0.2, -0.15) is 0 Å². The second-order valence-electron chi connectivity index (χ2n) is 6.76. The van der Waals surface area contributed by atoms with Gasteiger partial charge in [-0.05, 0) is 44.5 Å². The quantitative estimate of drug-likeness (QED) is 0.377. The molecule has 0 saturated carbocycles. The number of amidine groups is 1. The van der Waals surface area contributed by atoms with Crippen molar-refractivity contribution in [3.8, 4) is 0 Å². The number of ether oxygens (including phenoxy) is 1. The number of hydrogen-bond donors (Lipinski definition) is 4. The molecule has 8 nitrogen and oxygen atoms in total. The fraction of sp³-hybridized carbons (Fsp3) is 0.529. The number of nitrogens with one attached hydrogen (secondary N) is 2. The number of imidazole rings is 1. The van der Waals surface area contributed by atoms with Gasteiger partial charge in [-0.25, -0.2) is 4.98 Å². The van der Waals surface area contributed by atoms with Crippen molar-refractivity contribution in [2.45, 2.75) is 31.3 Å². The maximum atomic E-state index is 10.6. The number of hydrogen-bond acceptors (Lipinski definition) is 6. The molecule has 0 spiro atoms. The van der Waals surface area contributed by atoms with Crippen molar-refractivity contribution in [1.82, 2.24) is 14.6 Å². The van der Waals surface area contributed by atoms with Crippen LogP contribution in [0.1, 0.15) is 24.8 Å². The number of nitrogens with zero attached hydrogens (tertiary/aromatic N) is 3. The number of benzene rings is 1. The lowest BCUT2D eigenvalue weighted by Crippen LogP contribution is -2.51. The first-order valence-electron chi connectivity index (χ1n) is 8.78. The Morgan fingerprint density at radius 1 is 1.36 bits per heavy atom. The van der Waals surface area contributed by atoms with Crippen LogP contribution >= 0.6 is 0 Å². The van der Waals surface area contributed by atoms with Crippen LogP contribution in [0.25, 0.3) is 11.0 Å². The van der Waals surface area contributed by atoms with E-state index in [1.54, 1.807) is 18.2 Å². The Bertz CT molecular complexity index is 783. The molecule has 2 unspecified atom stereocenters. The Morgan fingerprint density at radius 3 is 2.92 bits per heavy atom. The van der Waals surface area contributed by atoms with Gasteiger partial charge in [-0.15, -0.1) is 4.73 Å². The highest BCUT2D eigenvalue weighted by atomic mass is 16.5. The van der Waals surface area contributed by atoms with Crippen molar-refractivity contribution in [3.63, 3.8) is 0 Å². The van der Waals surface area contributed by atoms with E-state index in [-0.39, 0.29) is 11.9 Å². The summed E-state index contributed by atoms with van der Waals surface area (Å²) in [7, 11) is 0. The van der Waals surface area contributed by atoms with Crippen LogP contribution in [0.2, 0.25) is 0 Å². The van der Waals surface area contributed by atoms with E-state index in [9.17, 15) is 5.21 Å². The molecular weight excluding hydrogens is 320 g/mol. The molecule has 0 aliphatic carbocycles. The predicted octanol–water partition coefficient (Wildman–Crippen LogP) is 1.22. The minimum Gasteiger partial charge on any atom is -0.425 e. The van der Waals surface area contributed by atoms with Gasteiger partial charge in [-0.1, -0.05) is 6.07 Å². The molecule has 1 aromatic heterocycles. The molecule has 4 rings (SSSR count). The molecule has 5 N–H and O–H groups in total. The second-order valence-corrected chi connectivity index (χ2v) is 6.76. The first-order valence-corrected chi connectivity index (χ1v) is 8.78. The molecule has 0 radical (unpaired) electrons. The maximum absolute atomic E-state index is 10.6.